The minimum Gasteiger partial charge on any atom is -0.354 e. The number of sulfonamides is 1. The van der Waals surface area contributed by atoms with Gasteiger partial charge in [-0.05, 0) is 55.2 Å². The van der Waals surface area contributed by atoms with Gasteiger partial charge in [0.2, 0.25) is 11.8 Å². The monoisotopic (exact) mass is 589 g/mol. The van der Waals surface area contributed by atoms with Crippen LogP contribution in [-0.4, -0.2) is 50.8 Å². The van der Waals surface area contributed by atoms with Crippen molar-refractivity contribution in [2.24, 2.45) is 5.92 Å². The first-order valence-corrected chi connectivity index (χ1v) is 14.8. The van der Waals surface area contributed by atoms with Crippen molar-refractivity contribution in [2.45, 2.75) is 38.1 Å². The molecule has 1 N–H and O–H groups in total. The Morgan fingerprint density at radius 1 is 0.872 bits per heavy atom. The molecular weight excluding hydrogens is 557 g/mol. The molecule has 0 aromatic heterocycles. The van der Waals surface area contributed by atoms with Gasteiger partial charge in [0.05, 0.1) is 20.6 Å². The van der Waals surface area contributed by atoms with Crippen LogP contribution in [0.2, 0.25) is 10.0 Å². The van der Waals surface area contributed by atoms with Gasteiger partial charge in [0.25, 0.3) is 10.0 Å². The largest absolute Gasteiger partial charge is 0.354 e. The molecule has 0 unspecified atom stereocenters. The second-order valence-electron chi connectivity index (χ2n) is 9.56. The molecule has 1 atom stereocenters. The van der Waals surface area contributed by atoms with Crippen molar-refractivity contribution in [2.75, 3.05) is 23.9 Å². The van der Waals surface area contributed by atoms with Crippen LogP contribution >= 0.6 is 23.2 Å². The predicted octanol–water partition coefficient (Wildman–Crippen LogP) is 5.42. The van der Waals surface area contributed by atoms with E-state index in [2.05, 4.69) is 5.32 Å². The van der Waals surface area contributed by atoms with Gasteiger partial charge < -0.3 is 10.2 Å². The van der Waals surface area contributed by atoms with Gasteiger partial charge in [-0.15, -0.1) is 0 Å². The summed E-state index contributed by atoms with van der Waals surface area (Å²) in [4.78, 5) is 28.3. The summed E-state index contributed by atoms with van der Waals surface area (Å²) in [5.74, 6) is -0.600. The predicted molar refractivity (Wildman–Crippen MR) is 157 cm³/mol. The van der Waals surface area contributed by atoms with Gasteiger partial charge in [0.15, 0.2) is 0 Å². The van der Waals surface area contributed by atoms with Crippen LogP contribution in [-0.2, 0) is 26.0 Å². The summed E-state index contributed by atoms with van der Waals surface area (Å²) in [6.07, 6.45) is 0.493. The fourth-order valence-electron chi connectivity index (χ4n) is 3.91. The van der Waals surface area contributed by atoms with E-state index < -0.39 is 28.5 Å². The van der Waals surface area contributed by atoms with Gasteiger partial charge >= 0.3 is 0 Å². The van der Waals surface area contributed by atoms with E-state index in [0.717, 1.165) is 9.87 Å². The van der Waals surface area contributed by atoms with Crippen LogP contribution in [0.15, 0.2) is 83.8 Å². The fourth-order valence-corrected chi connectivity index (χ4v) is 5.63. The van der Waals surface area contributed by atoms with Crippen molar-refractivity contribution in [3.05, 3.63) is 94.5 Å². The Morgan fingerprint density at radius 3 is 2.08 bits per heavy atom. The van der Waals surface area contributed by atoms with Crippen molar-refractivity contribution in [1.29, 1.82) is 0 Å². The molecule has 0 bridgehead atoms. The number of nitrogens with one attached hydrogen (secondary N) is 1. The van der Waals surface area contributed by atoms with Gasteiger partial charge in [0.1, 0.15) is 12.6 Å². The number of hydrogen-bond donors (Lipinski definition) is 1. The number of anilines is 1. The van der Waals surface area contributed by atoms with Gasteiger partial charge in [-0.3, -0.25) is 13.9 Å². The van der Waals surface area contributed by atoms with Crippen LogP contribution in [0, 0.1) is 5.92 Å². The third-order valence-electron chi connectivity index (χ3n) is 6.14. The van der Waals surface area contributed by atoms with E-state index in [4.69, 9.17) is 23.2 Å². The number of hydrogen-bond acceptors (Lipinski definition) is 4. The fraction of sp³-hybridized carbons (Fsp3) is 0.310. The average Bonchev–Trinajstić information content (AvgIpc) is 2.92. The summed E-state index contributed by atoms with van der Waals surface area (Å²) in [6, 6.07) is 21.0. The third kappa shape index (κ3) is 8.21. The Hall–Kier alpha value is -3.07. The molecule has 0 aliphatic heterocycles. The molecule has 0 saturated heterocycles. The molecule has 0 radical (unpaired) electrons. The quantitative estimate of drug-likeness (QED) is 0.305. The van der Waals surface area contributed by atoms with Gasteiger partial charge in [-0.25, -0.2) is 8.42 Å². The number of carbonyl (C=O) groups excluding carboxylic acids is 2. The highest BCUT2D eigenvalue weighted by atomic mass is 35.5. The number of halogens is 2. The number of rotatable bonds is 12. The van der Waals surface area contributed by atoms with Crippen molar-refractivity contribution in [3.8, 4) is 0 Å². The minimum atomic E-state index is -4.16. The Labute approximate surface area is 240 Å². The molecule has 0 aliphatic carbocycles. The normalized spacial score (nSPS) is 12.2. The van der Waals surface area contributed by atoms with Crippen LogP contribution in [0.1, 0.15) is 26.3 Å². The van der Waals surface area contributed by atoms with Crippen LogP contribution in [0.25, 0.3) is 0 Å². The maximum Gasteiger partial charge on any atom is 0.264 e. The zero-order valence-electron chi connectivity index (χ0n) is 22.2. The molecule has 2 amide bonds. The lowest BCUT2D eigenvalue weighted by Crippen LogP contribution is -2.52. The van der Waals surface area contributed by atoms with E-state index in [9.17, 15) is 18.0 Å². The van der Waals surface area contributed by atoms with Crippen LogP contribution in [0.4, 0.5) is 5.69 Å². The maximum atomic E-state index is 13.8. The van der Waals surface area contributed by atoms with E-state index >= 15 is 0 Å². The minimum absolute atomic E-state index is 0.0161. The molecule has 0 aliphatic rings. The molecule has 7 nitrogen and oxygen atoms in total. The number of benzene rings is 3. The van der Waals surface area contributed by atoms with E-state index in [-0.39, 0.29) is 39.0 Å². The van der Waals surface area contributed by atoms with E-state index in [1.54, 1.807) is 25.1 Å². The molecule has 39 heavy (non-hydrogen) atoms. The lowest BCUT2D eigenvalue weighted by molar-refractivity contribution is -0.138. The molecule has 3 aromatic carbocycles. The highest BCUT2D eigenvalue weighted by Gasteiger charge is 2.32. The summed E-state index contributed by atoms with van der Waals surface area (Å²) in [5, 5.41) is 3.28. The smallest absolute Gasteiger partial charge is 0.264 e. The first-order valence-electron chi connectivity index (χ1n) is 12.6. The SMILES string of the molecule is CC(C)CNC(=O)[C@@H](C)N(CCc1ccccc1)C(=O)CN(c1ccc(Cl)c(Cl)c1)S(=O)(=O)c1ccccc1. The van der Waals surface area contributed by atoms with Gasteiger partial charge in [-0.2, -0.15) is 0 Å². The van der Waals surface area contributed by atoms with Gasteiger partial charge in [0, 0.05) is 13.1 Å². The zero-order chi connectivity index (χ0) is 28.6. The first kappa shape index (κ1) is 30.5. The second kappa shape index (κ2) is 13.8. The van der Waals surface area contributed by atoms with Crippen LogP contribution in [0.5, 0.6) is 0 Å². The Balaban J connectivity index is 1.97. The molecule has 3 aromatic rings. The highest BCUT2D eigenvalue weighted by molar-refractivity contribution is 7.92. The molecule has 208 valence electrons. The van der Waals surface area contributed by atoms with Crippen LogP contribution < -0.4 is 9.62 Å². The molecule has 0 saturated carbocycles. The molecular formula is C29H33Cl2N3O4S. The summed E-state index contributed by atoms with van der Waals surface area (Å²) in [5.41, 5.74) is 1.17. The average molecular weight is 591 g/mol. The number of nitrogens with zero attached hydrogens (tertiary/aromatic N) is 2. The topological polar surface area (TPSA) is 86.8 Å². The third-order valence-corrected chi connectivity index (χ3v) is 8.66. The standard InChI is InChI=1S/C29H33Cl2N3O4S/c1-21(2)19-32-29(36)22(3)33(17-16-23-10-6-4-7-11-23)28(35)20-34(24-14-15-26(30)27(31)18-24)39(37,38)25-12-8-5-9-13-25/h4-15,18,21-22H,16-17,19-20H2,1-3H3,(H,32,36)/t22-/m1/s1. The Morgan fingerprint density at radius 2 is 1.49 bits per heavy atom. The lowest BCUT2D eigenvalue weighted by Gasteiger charge is -2.32. The second-order valence-corrected chi connectivity index (χ2v) is 12.2. The number of amides is 2. The summed E-state index contributed by atoms with van der Waals surface area (Å²) in [7, 11) is -4.16. The molecule has 0 fully saturated rings. The van der Waals surface area contributed by atoms with Crippen molar-refractivity contribution in [3.63, 3.8) is 0 Å². The highest BCUT2D eigenvalue weighted by Crippen LogP contribution is 2.30. The lowest BCUT2D eigenvalue weighted by atomic mass is 10.1. The summed E-state index contributed by atoms with van der Waals surface area (Å²) >= 11 is 12.3. The first-order chi connectivity index (χ1) is 18.5. The van der Waals surface area contributed by atoms with Crippen molar-refractivity contribution >= 4 is 50.7 Å². The zero-order valence-corrected chi connectivity index (χ0v) is 24.5. The summed E-state index contributed by atoms with van der Waals surface area (Å²) < 4.78 is 28.5. The van der Waals surface area contributed by atoms with Crippen molar-refractivity contribution in [1.82, 2.24) is 10.2 Å². The van der Waals surface area contributed by atoms with Crippen molar-refractivity contribution < 1.29 is 18.0 Å². The number of carbonyl (C=O) groups is 2. The van der Waals surface area contributed by atoms with E-state index in [1.165, 1.54) is 35.2 Å². The Bertz CT molecular complexity index is 1370. The molecule has 10 heteroatoms. The summed E-state index contributed by atoms with van der Waals surface area (Å²) in [6.45, 7) is 5.75. The molecule has 0 heterocycles. The van der Waals surface area contributed by atoms with Gasteiger partial charge in [-0.1, -0.05) is 85.6 Å². The molecule has 3 rings (SSSR count). The maximum absolute atomic E-state index is 13.8. The van der Waals surface area contributed by atoms with Crippen LogP contribution in [0.3, 0.4) is 0 Å². The van der Waals surface area contributed by atoms with E-state index in [0.29, 0.717) is 13.0 Å². The molecule has 0 spiro atoms. The Kier molecular flexibility index (Phi) is 10.8. The van der Waals surface area contributed by atoms with E-state index in [1.807, 2.05) is 44.2 Å².